The van der Waals surface area contributed by atoms with Gasteiger partial charge in [-0.3, -0.25) is 4.79 Å². The average molecular weight is 232 g/mol. The van der Waals surface area contributed by atoms with Crippen molar-refractivity contribution in [3.05, 3.63) is 17.9 Å². The highest BCUT2D eigenvalue weighted by molar-refractivity contribution is 5.66. The van der Waals surface area contributed by atoms with E-state index in [2.05, 4.69) is 29.4 Å². The molecule has 0 aliphatic carbocycles. The van der Waals surface area contributed by atoms with Gasteiger partial charge in [0, 0.05) is 12.5 Å². The van der Waals surface area contributed by atoms with E-state index in [1.54, 1.807) is 6.92 Å². The minimum absolute atomic E-state index is 0.146. The molecule has 0 saturated carbocycles. The summed E-state index contributed by atoms with van der Waals surface area (Å²) in [5, 5.41) is 17.9. The molecule has 90 valence electrons. The number of carboxylic acid groups (broad SMARTS) is 1. The summed E-state index contributed by atoms with van der Waals surface area (Å²) in [5.74, 6) is 9.62. The summed E-state index contributed by atoms with van der Waals surface area (Å²) >= 11 is 0. The zero-order valence-electron chi connectivity index (χ0n) is 9.86. The molecule has 0 aromatic heterocycles. The largest absolute Gasteiger partial charge is 0.481 e. The molecule has 0 aromatic carbocycles. The molecule has 0 rings (SSSR count). The van der Waals surface area contributed by atoms with Crippen LogP contribution in [0.25, 0.3) is 0 Å². The van der Waals surface area contributed by atoms with Crippen molar-refractivity contribution in [1.82, 2.24) is 0 Å². The number of rotatable bonds is 6. The van der Waals surface area contributed by atoms with Crippen LogP contribution in [-0.2, 0) is 4.79 Å². The molecule has 3 heteroatoms. The third-order valence-electron chi connectivity index (χ3n) is 1.84. The Morgan fingerprint density at radius 1 is 1.35 bits per heavy atom. The second kappa shape index (κ2) is 10.6. The molecule has 1 unspecified atom stereocenters. The number of aliphatic hydroxyl groups excluding tert-OH is 1. The Kier molecular flexibility index (Phi) is 9.38. The molecule has 0 aromatic rings. The van der Waals surface area contributed by atoms with Gasteiger partial charge >= 0.3 is 5.97 Å². The van der Waals surface area contributed by atoms with Crippen LogP contribution in [0, 0.1) is 23.7 Å². The van der Waals surface area contributed by atoms with Gasteiger partial charge in [-0.2, -0.15) is 0 Å². The standard InChI is InChI=1S/C14H16O3/c1-2-3-4-5-6-7-10-13(15)11-8-9-12-14(16)17/h6,10,13,15H,8-9,11-12H2,1H3,(H,16,17). The van der Waals surface area contributed by atoms with Crippen molar-refractivity contribution in [2.24, 2.45) is 0 Å². The minimum atomic E-state index is -0.803. The summed E-state index contributed by atoms with van der Waals surface area (Å²) in [6.45, 7) is 1.70. The third-order valence-corrected chi connectivity index (χ3v) is 1.84. The molecule has 0 amide bonds. The van der Waals surface area contributed by atoms with E-state index in [-0.39, 0.29) is 6.42 Å². The first-order valence-electron chi connectivity index (χ1n) is 5.40. The van der Waals surface area contributed by atoms with Crippen molar-refractivity contribution in [3.8, 4) is 23.7 Å². The zero-order valence-corrected chi connectivity index (χ0v) is 9.86. The monoisotopic (exact) mass is 232 g/mol. The summed E-state index contributed by atoms with van der Waals surface area (Å²) in [6.07, 6.45) is 4.34. The molecule has 17 heavy (non-hydrogen) atoms. The zero-order chi connectivity index (χ0) is 12.9. The predicted octanol–water partition coefficient (Wildman–Crippen LogP) is 1.73. The fourth-order valence-electron chi connectivity index (χ4n) is 1.05. The van der Waals surface area contributed by atoms with Gasteiger partial charge in [0.2, 0.25) is 0 Å². The van der Waals surface area contributed by atoms with Crippen molar-refractivity contribution in [2.75, 3.05) is 0 Å². The molecule has 2 N–H and O–H groups in total. The minimum Gasteiger partial charge on any atom is -0.481 e. The molecule has 0 radical (unpaired) electrons. The second-order valence-electron chi connectivity index (χ2n) is 3.33. The van der Waals surface area contributed by atoms with Crippen molar-refractivity contribution in [3.63, 3.8) is 0 Å². The Morgan fingerprint density at radius 3 is 2.76 bits per heavy atom. The number of unbranched alkanes of at least 4 members (excludes halogenated alkanes) is 1. The molecule has 0 bridgehead atoms. The van der Waals surface area contributed by atoms with E-state index in [4.69, 9.17) is 5.11 Å². The van der Waals surface area contributed by atoms with Gasteiger partial charge in [-0.1, -0.05) is 11.8 Å². The first kappa shape index (κ1) is 15.1. The van der Waals surface area contributed by atoms with Crippen LogP contribution in [0.4, 0.5) is 0 Å². The molecule has 0 aliphatic heterocycles. The van der Waals surface area contributed by atoms with E-state index in [1.807, 2.05) is 0 Å². The van der Waals surface area contributed by atoms with Gasteiger partial charge < -0.3 is 10.2 Å². The molecule has 0 heterocycles. The molecule has 0 spiro atoms. The predicted molar refractivity (Wildman–Crippen MR) is 66.0 cm³/mol. The number of hydrogen-bond donors (Lipinski definition) is 2. The number of aliphatic hydroxyl groups is 1. The lowest BCUT2D eigenvalue weighted by molar-refractivity contribution is -0.137. The summed E-state index contributed by atoms with van der Waals surface area (Å²) < 4.78 is 0. The van der Waals surface area contributed by atoms with Crippen LogP contribution in [0.2, 0.25) is 0 Å². The van der Waals surface area contributed by atoms with Crippen molar-refractivity contribution < 1.29 is 15.0 Å². The van der Waals surface area contributed by atoms with Gasteiger partial charge in [0.25, 0.3) is 0 Å². The summed E-state index contributed by atoms with van der Waals surface area (Å²) in [4.78, 5) is 10.2. The summed E-state index contributed by atoms with van der Waals surface area (Å²) in [7, 11) is 0. The van der Waals surface area contributed by atoms with E-state index < -0.39 is 12.1 Å². The van der Waals surface area contributed by atoms with Crippen molar-refractivity contribution >= 4 is 5.97 Å². The third kappa shape index (κ3) is 12.0. The number of hydrogen-bond acceptors (Lipinski definition) is 2. The normalized spacial score (nSPS) is 9.76. The fraction of sp³-hybridized carbons (Fsp3) is 0.429. The highest BCUT2D eigenvalue weighted by atomic mass is 16.4. The van der Waals surface area contributed by atoms with Gasteiger partial charge in [-0.15, -0.1) is 5.73 Å². The number of aliphatic carboxylic acids is 1. The molecule has 3 nitrogen and oxygen atoms in total. The second-order valence-corrected chi connectivity index (χ2v) is 3.33. The summed E-state index contributed by atoms with van der Waals surface area (Å²) in [6, 6.07) is 0. The topological polar surface area (TPSA) is 57.5 Å². The van der Waals surface area contributed by atoms with Gasteiger partial charge in [0.15, 0.2) is 0 Å². The van der Waals surface area contributed by atoms with Crippen molar-refractivity contribution in [2.45, 2.75) is 38.7 Å². The molecule has 0 fully saturated rings. The Balaban J connectivity index is 3.81. The van der Waals surface area contributed by atoms with Crippen LogP contribution < -0.4 is 0 Å². The molecule has 0 aliphatic rings. The fourth-order valence-corrected chi connectivity index (χ4v) is 1.05. The SMILES string of the molecule is CC#CC#CC=C=CC(O)CCCCC(=O)O. The van der Waals surface area contributed by atoms with Crippen LogP contribution in [0.5, 0.6) is 0 Å². The van der Waals surface area contributed by atoms with Gasteiger partial charge in [-0.25, -0.2) is 0 Å². The maximum Gasteiger partial charge on any atom is 0.303 e. The maximum absolute atomic E-state index is 10.2. The van der Waals surface area contributed by atoms with Crippen LogP contribution in [0.3, 0.4) is 0 Å². The van der Waals surface area contributed by atoms with E-state index >= 15 is 0 Å². The first-order valence-corrected chi connectivity index (χ1v) is 5.40. The van der Waals surface area contributed by atoms with Crippen LogP contribution in [-0.4, -0.2) is 22.3 Å². The average Bonchev–Trinajstić information content (AvgIpc) is 2.29. The van der Waals surface area contributed by atoms with E-state index in [9.17, 15) is 9.90 Å². The Bertz CT molecular complexity index is 406. The lowest BCUT2D eigenvalue weighted by Crippen LogP contribution is -2.02. The highest BCUT2D eigenvalue weighted by Gasteiger charge is 2.00. The number of carboxylic acids is 1. The molecule has 0 saturated heterocycles. The molecular formula is C14H16O3. The Hall–Kier alpha value is -1.93. The van der Waals surface area contributed by atoms with Gasteiger partial charge in [-0.05, 0) is 44.1 Å². The van der Waals surface area contributed by atoms with Crippen LogP contribution in [0.1, 0.15) is 32.6 Å². The quantitative estimate of drug-likeness (QED) is 0.416. The molecule has 1 atom stereocenters. The Labute approximate surface area is 102 Å². The smallest absolute Gasteiger partial charge is 0.303 e. The lowest BCUT2D eigenvalue weighted by Gasteiger charge is -2.02. The Morgan fingerprint density at radius 2 is 2.12 bits per heavy atom. The summed E-state index contributed by atoms with van der Waals surface area (Å²) in [5.41, 5.74) is 2.74. The van der Waals surface area contributed by atoms with Crippen LogP contribution >= 0.6 is 0 Å². The van der Waals surface area contributed by atoms with E-state index in [0.717, 1.165) is 0 Å². The van der Waals surface area contributed by atoms with E-state index in [1.165, 1.54) is 12.2 Å². The first-order chi connectivity index (χ1) is 8.16. The van der Waals surface area contributed by atoms with E-state index in [0.29, 0.717) is 19.3 Å². The maximum atomic E-state index is 10.2. The van der Waals surface area contributed by atoms with Crippen molar-refractivity contribution in [1.29, 1.82) is 0 Å². The lowest BCUT2D eigenvalue weighted by atomic mass is 10.1. The van der Waals surface area contributed by atoms with Gasteiger partial charge in [0.05, 0.1) is 6.10 Å². The van der Waals surface area contributed by atoms with Gasteiger partial charge in [0.1, 0.15) is 0 Å². The number of carbonyl (C=O) groups is 1. The molecular weight excluding hydrogens is 216 g/mol. The van der Waals surface area contributed by atoms with Crippen LogP contribution in [0.15, 0.2) is 17.9 Å². The highest BCUT2D eigenvalue weighted by Crippen LogP contribution is 2.04.